The minimum atomic E-state index is -0.341. The number of nitrogens with zero attached hydrogens (tertiary/aromatic N) is 1. The number of hydrogen-bond acceptors (Lipinski definition) is 3. The van der Waals surface area contributed by atoms with Gasteiger partial charge in [-0.2, -0.15) is 0 Å². The maximum Gasteiger partial charge on any atom is 0.282 e. The highest BCUT2D eigenvalue weighted by Gasteiger charge is 2.40. The summed E-state index contributed by atoms with van der Waals surface area (Å²) in [7, 11) is 0. The van der Waals surface area contributed by atoms with E-state index in [0.717, 1.165) is 33.5 Å². The lowest BCUT2D eigenvalue weighted by Gasteiger charge is -2.19. The van der Waals surface area contributed by atoms with Crippen LogP contribution in [-0.4, -0.2) is 11.8 Å². The molecule has 0 saturated heterocycles. The number of carbonyl (C=O) groups is 2. The summed E-state index contributed by atoms with van der Waals surface area (Å²) in [6.07, 6.45) is 0. The zero-order chi connectivity index (χ0) is 21.4. The van der Waals surface area contributed by atoms with Crippen LogP contribution in [0, 0.1) is 27.7 Å². The lowest BCUT2D eigenvalue weighted by Crippen LogP contribution is -2.33. The van der Waals surface area contributed by atoms with Gasteiger partial charge >= 0.3 is 0 Å². The first kappa shape index (κ1) is 19.6. The molecule has 2 amide bonds. The smallest absolute Gasteiger partial charge is 0.282 e. The van der Waals surface area contributed by atoms with Crippen LogP contribution in [0.2, 0.25) is 0 Å². The Hall–Kier alpha value is -3.66. The summed E-state index contributed by atoms with van der Waals surface area (Å²) in [5.74, 6) is -0.654. The molecule has 1 heterocycles. The number of amides is 2. The van der Waals surface area contributed by atoms with Crippen molar-refractivity contribution in [2.75, 3.05) is 10.2 Å². The van der Waals surface area contributed by atoms with Gasteiger partial charge in [-0.15, -0.1) is 0 Å². The number of anilines is 2. The molecule has 1 aliphatic rings. The van der Waals surface area contributed by atoms with E-state index in [2.05, 4.69) is 11.4 Å². The average Bonchev–Trinajstić information content (AvgIpc) is 2.94. The molecule has 4 rings (SSSR count). The molecule has 3 aromatic rings. The summed E-state index contributed by atoms with van der Waals surface area (Å²) in [4.78, 5) is 28.3. The van der Waals surface area contributed by atoms with Gasteiger partial charge in [0.15, 0.2) is 0 Å². The van der Waals surface area contributed by atoms with E-state index in [1.165, 1.54) is 4.90 Å². The Bertz CT molecular complexity index is 1170. The van der Waals surface area contributed by atoms with Gasteiger partial charge in [0.1, 0.15) is 5.70 Å². The third kappa shape index (κ3) is 3.41. The van der Waals surface area contributed by atoms with Gasteiger partial charge in [-0.1, -0.05) is 48.5 Å². The number of benzene rings is 3. The lowest BCUT2D eigenvalue weighted by molar-refractivity contribution is -0.120. The second-order valence-electron chi connectivity index (χ2n) is 7.78. The molecule has 0 aliphatic carbocycles. The second kappa shape index (κ2) is 7.64. The van der Waals surface area contributed by atoms with Crippen LogP contribution in [0.3, 0.4) is 0 Å². The molecule has 3 aromatic carbocycles. The largest absolute Gasteiger partial charge is 0.350 e. The molecule has 30 heavy (non-hydrogen) atoms. The summed E-state index contributed by atoms with van der Waals surface area (Å²) >= 11 is 0. The first-order chi connectivity index (χ1) is 14.4. The van der Waals surface area contributed by atoms with Gasteiger partial charge in [0.25, 0.3) is 11.8 Å². The predicted molar refractivity (Wildman–Crippen MR) is 121 cm³/mol. The molecule has 0 radical (unpaired) electrons. The molecule has 0 aromatic heterocycles. The van der Waals surface area contributed by atoms with Gasteiger partial charge < -0.3 is 5.32 Å². The zero-order valence-electron chi connectivity index (χ0n) is 17.6. The quantitative estimate of drug-likeness (QED) is 0.608. The SMILES string of the molecule is Cc1cc(C)cc(NC2=C(c3ccccc3)C(=O)N(c3cccc(C)c3C)C2=O)c1. The van der Waals surface area contributed by atoms with Crippen molar-refractivity contribution < 1.29 is 9.59 Å². The number of imide groups is 1. The number of hydrogen-bond donors (Lipinski definition) is 1. The second-order valence-corrected chi connectivity index (χ2v) is 7.78. The highest BCUT2D eigenvalue weighted by atomic mass is 16.2. The fourth-order valence-corrected chi connectivity index (χ4v) is 3.91. The minimum Gasteiger partial charge on any atom is -0.350 e. The van der Waals surface area contributed by atoms with Crippen molar-refractivity contribution in [3.8, 4) is 0 Å². The fourth-order valence-electron chi connectivity index (χ4n) is 3.91. The first-order valence-corrected chi connectivity index (χ1v) is 9.97. The van der Waals surface area contributed by atoms with Gasteiger partial charge in [0.2, 0.25) is 0 Å². The van der Waals surface area contributed by atoms with Gasteiger partial charge in [-0.25, -0.2) is 4.90 Å². The van der Waals surface area contributed by atoms with Crippen LogP contribution in [0.1, 0.15) is 27.8 Å². The maximum atomic E-state index is 13.5. The summed E-state index contributed by atoms with van der Waals surface area (Å²) < 4.78 is 0. The normalized spacial score (nSPS) is 13.9. The van der Waals surface area contributed by atoms with E-state index in [0.29, 0.717) is 17.0 Å². The highest BCUT2D eigenvalue weighted by molar-refractivity contribution is 6.46. The Morgan fingerprint density at radius 1 is 0.733 bits per heavy atom. The highest BCUT2D eigenvalue weighted by Crippen LogP contribution is 2.35. The Kier molecular flexibility index (Phi) is 5.00. The Morgan fingerprint density at radius 2 is 1.40 bits per heavy atom. The third-order valence-corrected chi connectivity index (χ3v) is 5.45. The van der Waals surface area contributed by atoms with Crippen LogP contribution in [0.25, 0.3) is 5.57 Å². The molecule has 4 heteroatoms. The van der Waals surface area contributed by atoms with E-state index in [4.69, 9.17) is 0 Å². The van der Waals surface area contributed by atoms with Crippen molar-refractivity contribution in [3.63, 3.8) is 0 Å². The Balaban J connectivity index is 1.86. The van der Waals surface area contributed by atoms with Crippen molar-refractivity contribution in [3.05, 3.63) is 100 Å². The van der Waals surface area contributed by atoms with Crippen LogP contribution in [0.15, 0.2) is 72.4 Å². The van der Waals surface area contributed by atoms with Gasteiger partial charge in [-0.05, 0) is 73.7 Å². The molecule has 0 atom stereocenters. The first-order valence-electron chi connectivity index (χ1n) is 9.97. The lowest BCUT2D eigenvalue weighted by atomic mass is 10.0. The van der Waals surface area contributed by atoms with Crippen LogP contribution < -0.4 is 10.2 Å². The monoisotopic (exact) mass is 396 g/mol. The van der Waals surface area contributed by atoms with Crippen LogP contribution in [0.4, 0.5) is 11.4 Å². The maximum absolute atomic E-state index is 13.5. The van der Waals surface area contributed by atoms with Crippen molar-refractivity contribution in [1.82, 2.24) is 0 Å². The van der Waals surface area contributed by atoms with E-state index >= 15 is 0 Å². The van der Waals surface area contributed by atoms with Crippen LogP contribution in [-0.2, 0) is 9.59 Å². The topological polar surface area (TPSA) is 49.4 Å². The number of aryl methyl sites for hydroxylation is 3. The standard InChI is InChI=1S/C26H24N2O2/c1-16-13-17(2)15-21(14-16)27-24-23(20-10-6-5-7-11-20)25(29)28(26(24)30)22-12-8-9-18(3)19(22)4/h5-15,27H,1-4H3. The van der Waals surface area contributed by atoms with E-state index < -0.39 is 0 Å². The summed E-state index contributed by atoms with van der Waals surface area (Å²) in [5, 5.41) is 3.25. The molecule has 0 bridgehead atoms. The minimum absolute atomic E-state index is 0.303. The van der Waals surface area contributed by atoms with E-state index in [9.17, 15) is 9.59 Å². The Labute approximate surface area is 176 Å². The summed E-state index contributed by atoms with van der Waals surface area (Å²) in [6, 6.07) is 21.0. The molecule has 150 valence electrons. The molecular formula is C26H24N2O2. The van der Waals surface area contributed by atoms with Crippen molar-refractivity contribution in [2.24, 2.45) is 0 Å². The van der Waals surface area contributed by atoms with Crippen molar-refractivity contribution in [2.45, 2.75) is 27.7 Å². The molecule has 4 nitrogen and oxygen atoms in total. The molecule has 1 N–H and O–H groups in total. The van der Waals surface area contributed by atoms with E-state index in [1.54, 1.807) is 0 Å². The Morgan fingerprint density at radius 3 is 2.07 bits per heavy atom. The molecule has 0 saturated carbocycles. The predicted octanol–water partition coefficient (Wildman–Crippen LogP) is 5.32. The molecule has 0 spiro atoms. The molecular weight excluding hydrogens is 372 g/mol. The van der Waals surface area contributed by atoms with Crippen molar-refractivity contribution >= 4 is 28.8 Å². The van der Waals surface area contributed by atoms with Gasteiger partial charge in [0, 0.05) is 5.69 Å². The summed E-state index contributed by atoms with van der Waals surface area (Å²) in [5.41, 5.74) is 6.94. The van der Waals surface area contributed by atoms with Gasteiger partial charge in [0.05, 0.1) is 11.3 Å². The molecule has 1 aliphatic heterocycles. The van der Waals surface area contributed by atoms with E-state index in [1.807, 2.05) is 88.4 Å². The molecule has 0 fully saturated rings. The fraction of sp³-hybridized carbons (Fsp3) is 0.154. The number of rotatable bonds is 4. The third-order valence-electron chi connectivity index (χ3n) is 5.45. The number of carbonyl (C=O) groups excluding carboxylic acids is 2. The molecule has 0 unspecified atom stereocenters. The summed E-state index contributed by atoms with van der Waals surface area (Å²) in [6.45, 7) is 7.93. The van der Waals surface area contributed by atoms with Gasteiger partial charge in [-0.3, -0.25) is 9.59 Å². The number of nitrogens with one attached hydrogen (secondary N) is 1. The van der Waals surface area contributed by atoms with Crippen molar-refractivity contribution in [1.29, 1.82) is 0 Å². The zero-order valence-corrected chi connectivity index (χ0v) is 17.6. The van der Waals surface area contributed by atoms with Crippen LogP contribution in [0.5, 0.6) is 0 Å². The van der Waals surface area contributed by atoms with Crippen LogP contribution >= 0.6 is 0 Å². The van der Waals surface area contributed by atoms with E-state index in [-0.39, 0.29) is 11.8 Å². The average molecular weight is 396 g/mol.